The van der Waals surface area contributed by atoms with Crippen LogP contribution in [0.25, 0.3) is 0 Å². The van der Waals surface area contributed by atoms with Gasteiger partial charge < -0.3 is 5.11 Å². The normalized spacial score (nSPS) is 11.3. The first-order valence-corrected chi connectivity index (χ1v) is 8.87. The van der Waals surface area contributed by atoms with Crippen LogP contribution in [0.2, 0.25) is 5.02 Å². The van der Waals surface area contributed by atoms with Crippen molar-refractivity contribution >= 4 is 39.2 Å². The van der Waals surface area contributed by atoms with Crippen LogP contribution in [0.5, 0.6) is 0 Å². The SMILES string of the molecule is CS(=O)(=O)c1ccc(Sc2cccc(Cl)c2C(=O)O)cc1. The van der Waals surface area contributed by atoms with Gasteiger partial charge in [0.05, 0.1) is 15.5 Å². The highest BCUT2D eigenvalue weighted by atomic mass is 35.5. The van der Waals surface area contributed by atoms with Gasteiger partial charge in [-0.1, -0.05) is 29.4 Å². The topological polar surface area (TPSA) is 71.4 Å². The highest BCUT2D eigenvalue weighted by Crippen LogP contribution is 2.34. The summed E-state index contributed by atoms with van der Waals surface area (Å²) in [6.07, 6.45) is 1.13. The summed E-state index contributed by atoms with van der Waals surface area (Å²) in [5.74, 6) is -1.10. The van der Waals surface area contributed by atoms with Crippen molar-refractivity contribution in [3.63, 3.8) is 0 Å². The van der Waals surface area contributed by atoms with E-state index in [0.29, 0.717) is 4.90 Å². The van der Waals surface area contributed by atoms with Gasteiger partial charge in [0.2, 0.25) is 0 Å². The molecule has 2 aromatic carbocycles. The first kappa shape index (κ1) is 15.9. The van der Waals surface area contributed by atoms with E-state index in [-0.39, 0.29) is 15.5 Å². The number of sulfone groups is 1. The monoisotopic (exact) mass is 342 g/mol. The number of carboxylic acid groups (broad SMARTS) is 1. The molecule has 2 rings (SSSR count). The first-order chi connectivity index (χ1) is 9.79. The second-order valence-corrected chi connectivity index (χ2v) is 7.80. The molecule has 110 valence electrons. The van der Waals surface area contributed by atoms with E-state index < -0.39 is 15.8 Å². The summed E-state index contributed by atoms with van der Waals surface area (Å²) in [7, 11) is -3.25. The van der Waals surface area contributed by atoms with Gasteiger partial charge in [0.25, 0.3) is 0 Å². The summed E-state index contributed by atoms with van der Waals surface area (Å²) >= 11 is 7.12. The summed E-state index contributed by atoms with van der Waals surface area (Å²) < 4.78 is 22.8. The Labute approximate surface area is 131 Å². The zero-order valence-corrected chi connectivity index (χ0v) is 13.3. The van der Waals surface area contributed by atoms with Crippen LogP contribution >= 0.6 is 23.4 Å². The molecule has 0 aliphatic rings. The van der Waals surface area contributed by atoms with Crippen molar-refractivity contribution in [3.05, 3.63) is 53.1 Å². The van der Waals surface area contributed by atoms with Gasteiger partial charge in [-0.3, -0.25) is 0 Å². The molecule has 0 aliphatic heterocycles. The van der Waals surface area contributed by atoms with Crippen molar-refractivity contribution in [2.75, 3.05) is 6.26 Å². The van der Waals surface area contributed by atoms with Gasteiger partial charge in [-0.05, 0) is 36.4 Å². The fraction of sp³-hybridized carbons (Fsp3) is 0.0714. The van der Waals surface area contributed by atoms with Gasteiger partial charge in [-0.15, -0.1) is 0 Å². The molecule has 4 nitrogen and oxygen atoms in total. The van der Waals surface area contributed by atoms with Gasteiger partial charge in [-0.2, -0.15) is 0 Å². The number of hydrogen-bond donors (Lipinski definition) is 1. The minimum atomic E-state index is -3.25. The van der Waals surface area contributed by atoms with Crippen molar-refractivity contribution in [1.29, 1.82) is 0 Å². The van der Waals surface area contributed by atoms with Crippen molar-refractivity contribution in [2.45, 2.75) is 14.7 Å². The number of benzene rings is 2. The Kier molecular flexibility index (Phi) is 4.61. The van der Waals surface area contributed by atoms with Crippen molar-refractivity contribution < 1.29 is 18.3 Å². The Bertz CT molecular complexity index is 783. The molecule has 0 amide bonds. The summed E-state index contributed by atoms with van der Waals surface area (Å²) in [6, 6.07) is 11.1. The second-order valence-electron chi connectivity index (χ2n) is 4.26. The molecule has 0 saturated carbocycles. The van der Waals surface area contributed by atoms with Crippen LogP contribution in [0.15, 0.2) is 57.2 Å². The van der Waals surface area contributed by atoms with Crippen LogP contribution in [0, 0.1) is 0 Å². The smallest absolute Gasteiger partial charge is 0.338 e. The molecule has 0 heterocycles. The molecular formula is C14H11ClO4S2. The molecule has 0 atom stereocenters. The molecule has 0 radical (unpaired) electrons. The van der Waals surface area contributed by atoms with Crippen LogP contribution in [0.4, 0.5) is 0 Å². The van der Waals surface area contributed by atoms with Gasteiger partial charge >= 0.3 is 5.97 Å². The summed E-state index contributed by atoms with van der Waals surface area (Å²) in [5, 5.41) is 9.37. The third-order valence-corrected chi connectivity index (χ3v) is 5.18. The third kappa shape index (κ3) is 3.78. The van der Waals surface area contributed by atoms with Crippen molar-refractivity contribution in [3.8, 4) is 0 Å². The molecule has 0 spiro atoms. The molecule has 0 saturated heterocycles. The molecule has 0 unspecified atom stereocenters. The summed E-state index contributed by atoms with van der Waals surface area (Å²) in [6.45, 7) is 0. The summed E-state index contributed by atoms with van der Waals surface area (Å²) in [4.78, 5) is 12.7. The fourth-order valence-corrected chi connectivity index (χ4v) is 3.59. The van der Waals surface area contributed by atoms with Crippen molar-refractivity contribution in [1.82, 2.24) is 0 Å². The molecule has 0 aromatic heterocycles. The molecule has 0 aliphatic carbocycles. The highest BCUT2D eigenvalue weighted by molar-refractivity contribution is 7.99. The zero-order valence-electron chi connectivity index (χ0n) is 10.9. The van der Waals surface area contributed by atoms with E-state index in [9.17, 15) is 18.3 Å². The lowest BCUT2D eigenvalue weighted by molar-refractivity contribution is 0.0693. The van der Waals surface area contributed by atoms with Crippen LogP contribution in [-0.4, -0.2) is 25.7 Å². The van der Waals surface area contributed by atoms with Gasteiger partial charge in [0.1, 0.15) is 0 Å². The van der Waals surface area contributed by atoms with Gasteiger partial charge in [0.15, 0.2) is 9.84 Å². The van der Waals surface area contributed by atoms with E-state index in [1.807, 2.05) is 0 Å². The number of carboxylic acids is 1. The quantitative estimate of drug-likeness (QED) is 0.919. The minimum absolute atomic E-state index is 0.0383. The van der Waals surface area contributed by atoms with E-state index in [2.05, 4.69) is 0 Å². The number of aromatic carboxylic acids is 1. The molecule has 2 aromatic rings. The van der Waals surface area contributed by atoms with E-state index in [4.69, 9.17) is 11.6 Å². The molecule has 7 heteroatoms. The maximum Gasteiger partial charge on any atom is 0.338 e. The standard InChI is InChI=1S/C14H11ClO4S2/c1-21(18,19)10-7-5-9(6-8-10)20-12-4-2-3-11(15)13(12)14(16)17/h2-8H,1H3,(H,16,17). The third-order valence-electron chi connectivity index (χ3n) is 2.67. The Morgan fingerprint density at radius 2 is 1.76 bits per heavy atom. The highest BCUT2D eigenvalue weighted by Gasteiger charge is 2.15. The van der Waals surface area contributed by atoms with Crippen LogP contribution in [0.3, 0.4) is 0 Å². The van der Waals surface area contributed by atoms with Crippen LogP contribution in [0.1, 0.15) is 10.4 Å². The summed E-state index contributed by atoms with van der Waals surface area (Å²) in [5.41, 5.74) is 0.0383. The number of carbonyl (C=O) groups is 1. The molecule has 21 heavy (non-hydrogen) atoms. The molecule has 0 fully saturated rings. The number of rotatable bonds is 4. The fourth-order valence-electron chi connectivity index (χ4n) is 1.68. The van der Waals surface area contributed by atoms with E-state index in [1.54, 1.807) is 24.3 Å². The molecule has 1 N–H and O–H groups in total. The van der Waals surface area contributed by atoms with E-state index in [0.717, 1.165) is 11.2 Å². The van der Waals surface area contributed by atoms with E-state index >= 15 is 0 Å². The maximum atomic E-state index is 11.4. The van der Waals surface area contributed by atoms with Crippen LogP contribution in [-0.2, 0) is 9.84 Å². The maximum absolute atomic E-state index is 11.4. The lowest BCUT2D eigenvalue weighted by Crippen LogP contribution is -2.00. The van der Waals surface area contributed by atoms with Gasteiger partial charge in [0, 0.05) is 16.0 Å². The lowest BCUT2D eigenvalue weighted by atomic mass is 10.2. The average Bonchev–Trinajstić information content (AvgIpc) is 2.38. The Morgan fingerprint density at radius 1 is 1.14 bits per heavy atom. The predicted molar refractivity (Wildman–Crippen MR) is 82.1 cm³/mol. The number of hydrogen-bond acceptors (Lipinski definition) is 4. The lowest BCUT2D eigenvalue weighted by Gasteiger charge is -2.08. The number of halogens is 1. The van der Waals surface area contributed by atoms with E-state index in [1.165, 1.54) is 30.0 Å². The first-order valence-electron chi connectivity index (χ1n) is 5.79. The Morgan fingerprint density at radius 3 is 2.29 bits per heavy atom. The van der Waals surface area contributed by atoms with Crippen molar-refractivity contribution in [2.24, 2.45) is 0 Å². The Balaban J connectivity index is 2.35. The molecular weight excluding hydrogens is 332 g/mol. The van der Waals surface area contributed by atoms with Crippen LogP contribution < -0.4 is 0 Å². The Hall–Kier alpha value is -1.50. The molecule has 0 bridgehead atoms. The predicted octanol–water partition coefficient (Wildman–Crippen LogP) is 3.59. The average molecular weight is 343 g/mol. The largest absolute Gasteiger partial charge is 0.478 e. The zero-order chi connectivity index (χ0) is 15.6. The van der Waals surface area contributed by atoms with Gasteiger partial charge in [-0.25, -0.2) is 13.2 Å². The minimum Gasteiger partial charge on any atom is -0.478 e. The second kappa shape index (κ2) is 6.09.